The lowest BCUT2D eigenvalue weighted by Crippen LogP contribution is -2.37. The Bertz CT molecular complexity index is 568. The van der Waals surface area contributed by atoms with E-state index in [2.05, 4.69) is 10.4 Å². The van der Waals surface area contributed by atoms with Crippen LogP contribution in [0.1, 0.15) is 57.1 Å². The molecule has 25 heavy (non-hydrogen) atoms. The van der Waals surface area contributed by atoms with Gasteiger partial charge in [-0.15, -0.1) is 0 Å². The molecule has 0 bridgehead atoms. The Labute approximate surface area is 149 Å². The summed E-state index contributed by atoms with van der Waals surface area (Å²) in [4.78, 5) is 22.9. The molecule has 6 nitrogen and oxygen atoms in total. The van der Waals surface area contributed by atoms with E-state index in [4.69, 9.17) is 10.9 Å². The van der Waals surface area contributed by atoms with Crippen molar-refractivity contribution in [3.05, 3.63) is 35.4 Å². The van der Waals surface area contributed by atoms with Crippen LogP contribution in [-0.4, -0.2) is 29.2 Å². The highest BCUT2D eigenvalue weighted by Crippen LogP contribution is 2.11. The van der Waals surface area contributed by atoms with Crippen LogP contribution >= 0.6 is 0 Å². The maximum Gasteiger partial charge on any atom is 0.305 e. The minimum atomic E-state index is -0.880. The number of aryl methyl sites for hydroxylation is 1. The molecule has 4 N–H and O–H groups in total. The molecule has 1 rings (SSSR count). The first-order chi connectivity index (χ1) is 11.9. The summed E-state index contributed by atoms with van der Waals surface area (Å²) in [6.45, 7) is 4.04. The lowest BCUT2D eigenvalue weighted by molar-refractivity contribution is -0.137. The smallest absolute Gasteiger partial charge is 0.305 e. The van der Waals surface area contributed by atoms with Crippen LogP contribution in [0.4, 0.5) is 0 Å². The van der Waals surface area contributed by atoms with E-state index in [1.807, 2.05) is 38.1 Å². The van der Waals surface area contributed by atoms with Crippen molar-refractivity contribution in [2.75, 3.05) is 0 Å². The first-order valence-electron chi connectivity index (χ1n) is 8.74. The van der Waals surface area contributed by atoms with Gasteiger partial charge in [0.25, 0.3) is 0 Å². The number of benzene rings is 1. The van der Waals surface area contributed by atoms with Crippen LogP contribution in [-0.2, 0) is 16.0 Å². The van der Waals surface area contributed by atoms with Gasteiger partial charge in [0.05, 0.1) is 12.6 Å². The molecular weight excluding hydrogens is 318 g/mol. The monoisotopic (exact) mass is 347 g/mol. The zero-order valence-electron chi connectivity index (χ0n) is 15.1. The normalized spacial score (nSPS) is 12.4. The van der Waals surface area contributed by atoms with E-state index in [-0.39, 0.29) is 18.4 Å². The van der Waals surface area contributed by atoms with Crippen LogP contribution in [0.25, 0.3) is 0 Å². The van der Waals surface area contributed by atoms with Crippen molar-refractivity contribution in [2.45, 2.75) is 58.4 Å². The molecule has 0 radical (unpaired) electrons. The van der Waals surface area contributed by atoms with Crippen molar-refractivity contribution in [1.29, 1.82) is 0 Å². The molecule has 0 aliphatic rings. The molecule has 138 valence electrons. The third-order valence-electron chi connectivity index (χ3n) is 3.86. The number of rotatable bonds is 11. The van der Waals surface area contributed by atoms with Crippen LogP contribution in [0, 0.1) is 5.92 Å². The Morgan fingerprint density at radius 1 is 1.24 bits per heavy atom. The molecule has 0 aliphatic carbocycles. The molecule has 6 heteroatoms. The molecule has 0 saturated carbocycles. The summed E-state index contributed by atoms with van der Waals surface area (Å²) in [5.41, 5.74) is 2.17. The largest absolute Gasteiger partial charge is 0.481 e. The summed E-state index contributed by atoms with van der Waals surface area (Å²) in [5.74, 6) is 4.51. The zero-order valence-corrected chi connectivity index (χ0v) is 15.1. The summed E-state index contributed by atoms with van der Waals surface area (Å²) in [7, 11) is 0. The number of hydrazone groups is 1. The van der Waals surface area contributed by atoms with Gasteiger partial charge in [0.1, 0.15) is 0 Å². The fourth-order valence-electron chi connectivity index (χ4n) is 2.74. The number of amides is 1. The molecule has 0 spiro atoms. The first-order valence-corrected chi connectivity index (χ1v) is 8.74. The van der Waals surface area contributed by atoms with Crippen molar-refractivity contribution in [2.24, 2.45) is 16.9 Å². The van der Waals surface area contributed by atoms with E-state index in [9.17, 15) is 9.59 Å². The Balaban J connectivity index is 2.31. The molecule has 1 aromatic carbocycles. The topological polar surface area (TPSA) is 105 Å². The number of carboxylic acid groups (broad SMARTS) is 1. The molecule has 0 fully saturated rings. The number of carbonyl (C=O) groups is 2. The lowest BCUT2D eigenvalue weighted by atomic mass is 10.0. The molecule has 0 heterocycles. The van der Waals surface area contributed by atoms with Gasteiger partial charge in [-0.05, 0) is 42.7 Å². The van der Waals surface area contributed by atoms with Gasteiger partial charge in [-0.25, -0.2) is 0 Å². The average molecular weight is 347 g/mol. The summed E-state index contributed by atoms with van der Waals surface area (Å²) in [6, 6.07) is 7.69. The Morgan fingerprint density at radius 3 is 2.48 bits per heavy atom. The standard InChI is InChI=1S/C19H29N3O3/c1-14(2)11-17(12-19(24)25)22-18(23)6-4-3-5-15-7-9-16(10-8-15)13-21-20/h7-10,13-14,17H,3-6,11-12,20H2,1-2H3,(H,22,23)(H,24,25). The van der Waals surface area contributed by atoms with E-state index >= 15 is 0 Å². The number of carbonyl (C=O) groups excluding carboxylic acids is 1. The fourth-order valence-corrected chi connectivity index (χ4v) is 2.74. The molecule has 1 aromatic rings. The number of carboxylic acids is 1. The van der Waals surface area contributed by atoms with Gasteiger partial charge in [-0.3, -0.25) is 9.59 Å². The number of aliphatic carboxylic acids is 1. The van der Waals surface area contributed by atoms with Gasteiger partial charge in [0, 0.05) is 12.5 Å². The van der Waals surface area contributed by atoms with Crippen LogP contribution < -0.4 is 11.2 Å². The van der Waals surface area contributed by atoms with E-state index in [0.717, 1.165) is 24.8 Å². The average Bonchev–Trinajstić information content (AvgIpc) is 2.52. The Hall–Kier alpha value is -2.37. The van der Waals surface area contributed by atoms with E-state index in [0.29, 0.717) is 18.8 Å². The van der Waals surface area contributed by atoms with Crippen LogP contribution in [0.15, 0.2) is 29.4 Å². The van der Waals surface area contributed by atoms with Gasteiger partial charge in [-0.2, -0.15) is 5.10 Å². The summed E-state index contributed by atoms with van der Waals surface area (Å²) >= 11 is 0. The quantitative estimate of drug-likeness (QED) is 0.248. The van der Waals surface area contributed by atoms with Gasteiger partial charge in [0.15, 0.2) is 0 Å². The molecular formula is C19H29N3O3. The lowest BCUT2D eigenvalue weighted by Gasteiger charge is -2.18. The molecule has 1 amide bonds. The second-order valence-corrected chi connectivity index (χ2v) is 6.72. The zero-order chi connectivity index (χ0) is 18.7. The van der Waals surface area contributed by atoms with Crippen molar-refractivity contribution in [3.63, 3.8) is 0 Å². The SMILES string of the molecule is CC(C)CC(CC(=O)O)NC(=O)CCCCc1ccc(C=NN)cc1. The van der Waals surface area contributed by atoms with Crippen LogP contribution in [0.5, 0.6) is 0 Å². The molecule has 1 unspecified atom stereocenters. The predicted molar refractivity (Wildman–Crippen MR) is 99.4 cm³/mol. The van der Waals surface area contributed by atoms with E-state index in [1.165, 1.54) is 5.56 Å². The second-order valence-electron chi connectivity index (χ2n) is 6.72. The van der Waals surface area contributed by atoms with Crippen LogP contribution in [0.3, 0.4) is 0 Å². The number of unbranched alkanes of at least 4 members (excludes halogenated alkanes) is 1. The maximum absolute atomic E-state index is 12.0. The highest BCUT2D eigenvalue weighted by atomic mass is 16.4. The third kappa shape index (κ3) is 9.49. The number of hydrogen-bond donors (Lipinski definition) is 3. The Morgan fingerprint density at radius 2 is 1.92 bits per heavy atom. The number of nitrogens with zero attached hydrogens (tertiary/aromatic N) is 1. The van der Waals surface area contributed by atoms with E-state index in [1.54, 1.807) is 6.21 Å². The molecule has 0 saturated heterocycles. The summed E-state index contributed by atoms with van der Waals surface area (Å²) in [5, 5.41) is 15.3. The molecule has 1 atom stereocenters. The van der Waals surface area contributed by atoms with Crippen molar-refractivity contribution < 1.29 is 14.7 Å². The maximum atomic E-state index is 12.0. The molecule has 0 aromatic heterocycles. The van der Waals surface area contributed by atoms with E-state index < -0.39 is 5.97 Å². The highest BCUT2D eigenvalue weighted by molar-refractivity contribution is 5.79. The summed E-state index contributed by atoms with van der Waals surface area (Å²) < 4.78 is 0. The third-order valence-corrected chi connectivity index (χ3v) is 3.86. The minimum Gasteiger partial charge on any atom is -0.481 e. The minimum absolute atomic E-state index is 0.0254. The van der Waals surface area contributed by atoms with Crippen LogP contribution in [0.2, 0.25) is 0 Å². The van der Waals surface area contributed by atoms with Gasteiger partial charge in [-0.1, -0.05) is 38.1 Å². The molecule has 0 aliphatic heterocycles. The Kier molecular flexibility index (Phi) is 9.29. The number of hydrogen-bond acceptors (Lipinski definition) is 4. The van der Waals surface area contributed by atoms with Crippen molar-refractivity contribution >= 4 is 18.1 Å². The van der Waals surface area contributed by atoms with Crippen molar-refractivity contribution in [1.82, 2.24) is 5.32 Å². The summed E-state index contributed by atoms with van der Waals surface area (Å²) in [6.07, 6.45) is 5.26. The highest BCUT2D eigenvalue weighted by Gasteiger charge is 2.17. The predicted octanol–water partition coefficient (Wildman–Crippen LogP) is 2.70. The first kappa shape index (κ1) is 20.7. The van der Waals surface area contributed by atoms with Gasteiger partial charge in [0.2, 0.25) is 5.91 Å². The van der Waals surface area contributed by atoms with Gasteiger partial charge < -0.3 is 16.3 Å². The fraction of sp³-hybridized carbons (Fsp3) is 0.526. The van der Waals surface area contributed by atoms with Crippen molar-refractivity contribution in [3.8, 4) is 0 Å². The second kappa shape index (κ2) is 11.2. The number of nitrogens with one attached hydrogen (secondary N) is 1. The van der Waals surface area contributed by atoms with Gasteiger partial charge >= 0.3 is 5.97 Å². The number of nitrogens with two attached hydrogens (primary N) is 1.